The summed E-state index contributed by atoms with van der Waals surface area (Å²) in [6, 6.07) is 1.33. The standard InChI is InChI=1S/C6H9N3O3/c10-5-1-3-8-4-2-6(7-8)9(11)12/h2,4,10H,1,3,5H2. The first-order chi connectivity index (χ1) is 5.74. The normalized spacial score (nSPS) is 10.1. The van der Waals surface area contributed by atoms with Crippen molar-refractivity contribution in [3.8, 4) is 0 Å². The highest BCUT2D eigenvalue weighted by molar-refractivity contribution is 5.13. The minimum Gasteiger partial charge on any atom is -0.396 e. The third-order valence-electron chi connectivity index (χ3n) is 1.36. The Morgan fingerprint density at radius 3 is 3.00 bits per heavy atom. The Morgan fingerprint density at radius 2 is 2.50 bits per heavy atom. The first-order valence-electron chi connectivity index (χ1n) is 3.53. The van der Waals surface area contributed by atoms with Crippen molar-refractivity contribution in [1.82, 2.24) is 9.78 Å². The quantitative estimate of drug-likeness (QED) is 0.517. The molecule has 0 amide bonds. The van der Waals surface area contributed by atoms with E-state index in [1.165, 1.54) is 16.9 Å². The Labute approximate surface area is 68.6 Å². The van der Waals surface area contributed by atoms with Crippen molar-refractivity contribution in [1.29, 1.82) is 0 Å². The summed E-state index contributed by atoms with van der Waals surface area (Å²) >= 11 is 0. The number of nitrogens with zero attached hydrogens (tertiary/aromatic N) is 3. The zero-order valence-corrected chi connectivity index (χ0v) is 6.38. The van der Waals surface area contributed by atoms with Gasteiger partial charge in [-0.3, -0.25) is 0 Å². The molecule has 0 aliphatic heterocycles. The number of hydrogen-bond acceptors (Lipinski definition) is 4. The Kier molecular flexibility index (Phi) is 2.76. The smallest absolute Gasteiger partial charge is 0.389 e. The fraction of sp³-hybridized carbons (Fsp3) is 0.500. The van der Waals surface area contributed by atoms with Gasteiger partial charge in [0.25, 0.3) is 0 Å². The lowest BCUT2D eigenvalue weighted by molar-refractivity contribution is -0.389. The molecule has 0 spiro atoms. The van der Waals surface area contributed by atoms with Crippen LogP contribution in [-0.2, 0) is 6.54 Å². The molecule has 1 aromatic rings. The van der Waals surface area contributed by atoms with Gasteiger partial charge < -0.3 is 15.2 Å². The van der Waals surface area contributed by atoms with Crippen LogP contribution in [0.1, 0.15) is 6.42 Å². The monoisotopic (exact) mass is 171 g/mol. The molecule has 66 valence electrons. The summed E-state index contributed by atoms with van der Waals surface area (Å²) in [5.41, 5.74) is 0. The van der Waals surface area contributed by atoms with Gasteiger partial charge in [0.15, 0.2) is 0 Å². The largest absolute Gasteiger partial charge is 0.396 e. The molecule has 1 aromatic heterocycles. The average molecular weight is 171 g/mol. The summed E-state index contributed by atoms with van der Waals surface area (Å²) < 4.78 is 1.44. The highest BCUT2D eigenvalue weighted by Gasteiger charge is 2.09. The van der Waals surface area contributed by atoms with Crippen LogP contribution in [0, 0.1) is 10.1 Å². The van der Waals surface area contributed by atoms with E-state index < -0.39 is 4.92 Å². The molecule has 1 N–H and O–H groups in total. The van der Waals surface area contributed by atoms with E-state index in [9.17, 15) is 10.1 Å². The second-order valence-corrected chi connectivity index (χ2v) is 2.27. The molecule has 12 heavy (non-hydrogen) atoms. The molecule has 0 aliphatic rings. The molecular formula is C6H9N3O3. The fourth-order valence-electron chi connectivity index (χ4n) is 0.806. The molecule has 0 saturated heterocycles. The van der Waals surface area contributed by atoms with Crippen molar-refractivity contribution >= 4 is 5.82 Å². The zero-order valence-electron chi connectivity index (χ0n) is 6.38. The molecule has 0 radical (unpaired) electrons. The first kappa shape index (κ1) is 8.66. The van der Waals surface area contributed by atoms with Crippen molar-refractivity contribution in [3.05, 3.63) is 22.4 Å². The third-order valence-corrected chi connectivity index (χ3v) is 1.36. The van der Waals surface area contributed by atoms with Crippen LogP contribution in [0.5, 0.6) is 0 Å². The lowest BCUT2D eigenvalue weighted by atomic mass is 10.5. The van der Waals surface area contributed by atoms with E-state index in [0.29, 0.717) is 13.0 Å². The van der Waals surface area contributed by atoms with Gasteiger partial charge in [0.2, 0.25) is 0 Å². The molecule has 0 aliphatic carbocycles. The van der Waals surface area contributed by atoms with Crippen molar-refractivity contribution in [3.63, 3.8) is 0 Å². The van der Waals surface area contributed by atoms with E-state index in [1.54, 1.807) is 0 Å². The van der Waals surface area contributed by atoms with Crippen molar-refractivity contribution in [2.75, 3.05) is 6.61 Å². The van der Waals surface area contributed by atoms with E-state index in [4.69, 9.17) is 5.11 Å². The van der Waals surface area contributed by atoms with E-state index in [0.717, 1.165) is 0 Å². The van der Waals surface area contributed by atoms with Crippen LogP contribution in [0.4, 0.5) is 5.82 Å². The van der Waals surface area contributed by atoms with Crippen LogP contribution >= 0.6 is 0 Å². The molecule has 6 nitrogen and oxygen atoms in total. The topological polar surface area (TPSA) is 81.2 Å². The van der Waals surface area contributed by atoms with Gasteiger partial charge in [0, 0.05) is 6.61 Å². The van der Waals surface area contributed by atoms with E-state index in [-0.39, 0.29) is 12.4 Å². The summed E-state index contributed by atoms with van der Waals surface area (Å²) in [5, 5.41) is 22.3. The van der Waals surface area contributed by atoms with Gasteiger partial charge >= 0.3 is 5.82 Å². The average Bonchev–Trinajstić information content (AvgIpc) is 2.48. The number of aliphatic hydroxyl groups is 1. The molecule has 1 rings (SSSR count). The third kappa shape index (κ3) is 2.03. The van der Waals surface area contributed by atoms with Gasteiger partial charge in [-0.05, 0) is 11.3 Å². The molecule has 1 heterocycles. The minimum atomic E-state index is -0.546. The van der Waals surface area contributed by atoms with Crippen LogP contribution in [0.2, 0.25) is 0 Å². The number of rotatable bonds is 4. The predicted molar refractivity (Wildman–Crippen MR) is 40.6 cm³/mol. The molecular weight excluding hydrogens is 162 g/mol. The second kappa shape index (κ2) is 3.82. The molecule has 0 unspecified atom stereocenters. The van der Waals surface area contributed by atoms with Gasteiger partial charge in [-0.15, -0.1) is 0 Å². The summed E-state index contributed by atoms with van der Waals surface area (Å²) in [7, 11) is 0. The molecule has 0 aromatic carbocycles. The zero-order chi connectivity index (χ0) is 8.97. The van der Waals surface area contributed by atoms with Crippen LogP contribution < -0.4 is 0 Å². The van der Waals surface area contributed by atoms with Gasteiger partial charge in [0.1, 0.15) is 0 Å². The summed E-state index contributed by atoms with van der Waals surface area (Å²) in [4.78, 5) is 9.62. The first-order valence-corrected chi connectivity index (χ1v) is 3.53. The summed E-state index contributed by atoms with van der Waals surface area (Å²) in [5.74, 6) is -0.159. The Bertz CT molecular complexity index is 271. The van der Waals surface area contributed by atoms with Gasteiger partial charge in [-0.2, -0.15) is 4.68 Å². The van der Waals surface area contributed by atoms with E-state index >= 15 is 0 Å². The summed E-state index contributed by atoms with van der Waals surface area (Å²) in [6.45, 7) is 0.567. The van der Waals surface area contributed by atoms with Crippen LogP contribution in [0.3, 0.4) is 0 Å². The number of aromatic nitrogens is 2. The number of aryl methyl sites for hydroxylation is 1. The SMILES string of the molecule is O=[N+]([O-])c1ccn(CCCO)n1. The fourth-order valence-corrected chi connectivity index (χ4v) is 0.806. The lowest BCUT2D eigenvalue weighted by Crippen LogP contribution is -2.01. The van der Waals surface area contributed by atoms with Gasteiger partial charge in [-0.25, -0.2) is 0 Å². The highest BCUT2D eigenvalue weighted by atomic mass is 16.6. The van der Waals surface area contributed by atoms with Crippen LogP contribution in [0.25, 0.3) is 0 Å². The Balaban J connectivity index is 2.58. The maximum atomic E-state index is 10.2. The molecule has 6 heteroatoms. The molecule has 0 bridgehead atoms. The maximum absolute atomic E-state index is 10.2. The van der Waals surface area contributed by atoms with Crippen molar-refractivity contribution < 1.29 is 10.0 Å². The summed E-state index contributed by atoms with van der Waals surface area (Å²) in [6.07, 6.45) is 2.08. The van der Waals surface area contributed by atoms with Crippen molar-refractivity contribution in [2.24, 2.45) is 0 Å². The number of hydrogen-bond donors (Lipinski definition) is 1. The Hall–Kier alpha value is -1.43. The highest BCUT2D eigenvalue weighted by Crippen LogP contribution is 2.05. The predicted octanol–water partition coefficient (Wildman–Crippen LogP) is 0.174. The minimum absolute atomic E-state index is 0.0632. The molecule has 0 fully saturated rings. The van der Waals surface area contributed by atoms with Crippen molar-refractivity contribution in [2.45, 2.75) is 13.0 Å². The lowest BCUT2D eigenvalue weighted by Gasteiger charge is -1.91. The molecule has 0 atom stereocenters. The Morgan fingerprint density at radius 1 is 1.75 bits per heavy atom. The number of aliphatic hydroxyl groups excluding tert-OH is 1. The number of nitro groups is 1. The second-order valence-electron chi connectivity index (χ2n) is 2.27. The van der Waals surface area contributed by atoms with E-state index in [2.05, 4.69) is 5.10 Å². The van der Waals surface area contributed by atoms with E-state index in [1.807, 2.05) is 0 Å². The molecule has 0 saturated carbocycles. The van der Waals surface area contributed by atoms with Crippen LogP contribution in [0.15, 0.2) is 12.3 Å². The van der Waals surface area contributed by atoms with Gasteiger partial charge in [0.05, 0.1) is 23.9 Å². The maximum Gasteiger partial charge on any atom is 0.389 e. The van der Waals surface area contributed by atoms with Gasteiger partial charge in [-0.1, -0.05) is 0 Å². The van der Waals surface area contributed by atoms with Crippen LogP contribution in [-0.4, -0.2) is 26.4 Å².